The molecule has 8 N–H and O–H groups in total. The molecule has 5 aliphatic carbocycles. The molecular weight excluding hydrogens is 1230 g/mol. The second-order valence-corrected chi connectivity index (χ2v) is 32.3. The van der Waals surface area contributed by atoms with E-state index in [2.05, 4.69) is 33.9 Å². The van der Waals surface area contributed by atoms with E-state index in [-0.39, 0.29) is 103 Å². The Kier molecular flexibility index (Phi) is 32.2. The number of hydrogen-bond donors (Lipinski definition) is 8. The Hall–Kier alpha value is -5.21. The van der Waals surface area contributed by atoms with Crippen molar-refractivity contribution in [1.82, 2.24) is 0 Å². The minimum atomic E-state index is -3.98. The molecule has 26 heteroatoms. The average Bonchev–Trinajstić information content (AvgIpc) is 1.73. The molecule has 5 saturated carbocycles. The molecule has 0 saturated heterocycles. The zero-order valence-electron chi connectivity index (χ0n) is 53.5. The zero-order chi connectivity index (χ0) is 68.3. The maximum absolute atomic E-state index is 13.0. The SMILES string of the molecule is C.CC(=O)OC1CC(COC(=O)c2ccccc2)C(OC(=O)c2ccccc2)C1OC(=O)c1ccccc1.[B]C1CC(CO)C(O)C1O.[B]C1CC(CO)C(O)C1OS(=O)(=O)c1ccc(C)cc1.[B]C1CC(O)C(CO)C1.[B]C1CC(O)C(CO[Si](C)(C)C(C)(C)C)C1. The lowest BCUT2D eigenvalue weighted by Gasteiger charge is -2.37. The molecule has 0 aliphatic heterocycles. The largest absolute Gasteiger partial charge is 0.462 e. The van der Waals surface area contributed by atoms with Gasteiger partial charge in [0, 0.05) is 62.9 Å². The number of carbonyl (C=O) groups is 4. The van der Waals surface area contributed by atoms with Gasteiger partial charge in [0.1, 0.15) is 12.2 Å². The molecule has 20 nitrogen and oxygen atoms in total. The van der Waals surface area contributed by atoms with Crippen LogP contribution < -0.4 is 0 Å². The van der Waals surface area contributed by atoms with Crippen LogP contribution in [0.5, 0.6) is 0 Å². The molecule has 9 rings (SSSR count). The third-order valence-electron chi connectivity index (χ3n) is 17.7. The highest BCUT2D eigenvalue weighted by Gasteiger charge is 2.51. The number of hydrogen-bond acceptors (Lipinski definition) is 20. The van der Waals surface area contributed by atoms with Gasteiger partial charge in [0.2, 0.25) is 0 Å². The van der Waals surface area contributed by atoms with Crippen molar-refractivity contribution in [3.05, 3.63) is 138 Å². The fourth-order valence-corrected chi connectivity index (χ4v) is 13.3. The molecule has 0 aromatic heterocycles. The predicted molar refractivity (Wildman–Crippen MR) is 356 cm³/mol. The number of aryl methyl sites for hydroxylation is 1. The maximum Gasteiger partial charge on any atom is 0.338 e. The molecule has 8 radical (unpaired) electrons. The van der Waals surface area contributed by atoms with Crippen molar-refractivity contribution in [2.45, 2.75) is 188 Å². The monoisotopic (exact) mass is 1320 g/mol. The molecule has 504 valence electrons. The number of aliphatic hydroxyl groups excluding tert-OH is 8. The first kappa shape index (κ1) is 80.2. The van der Waals surface area contributed by atoms with Crippen molar-refractivity contribution in [1.29, 1.82) is 0 Å². The number of aliphatic hydroxyl groups is 8. The standard InChI is InChI=1S/C29H26O8.C13H17BO5S.C12H25BO2Si.C6H11BO3.C6H11BO2.CH4/c1-19(30)35-24-17-23(18-34-27(31)20-11-5-2-6-12-20)25(36-28(32)21-13-7-3-8-14-21)26(24)37-29(33)22-15-9-4-10-16-22;1-8-2-4-10(5-3-8)20(17,18)19-13-11(14)6-9(7-15)12(13)16;1-12(2,3)16(4,5)15-8-9-6-10(13)7-11(9)14;7-4-1-3(2-8)5(9)6(4)10;7-5-1-4(3-8)6(9)2-5;/h2-16,23-26H,17-18H2,1H3;2-5,9,11-13,15-16H,6-7H2,1H3;9-11,14H,6-8H2,1-5H3;3-6,8-10H,1-2H2;4-6,8-9H,1-3H2;1H4. The summed E-state index contributed by atoms with van der Waals surface area (Å²) in [5.41, 5.74) is 1.88. The highest BCUT2D eigenvalue weighted by atomic mass is 32.2. The lowest BCUT2D eigenvalue weighted by Crippen LogP contribution is -2.42. The average molecular weight is 1320 g/mol. The van der Waals surface area contributed by atoms with Gasteiger partial charge in [0.25, 0.3) is 10.1 Å². The Balaban J connectivity index is 0.000000276. The first-order valence-electron chi connectivity index (χ1n) is 31.1. The fourth-order valence-electron chi connectivity index (χ4n) is 11.1. The minimum Gasteiger partial charge on any atom is -0.462 e. The molecule has 0 amide bonds. The van der Waals surface area contributed by atoms with Gasteiger partial charge in [0.15, 0.2) is 14.4 Å². The van der Waals surface area contributed by atoms with E-state index in [0.29, 0.717) is 37.0 Å². The van der Waals surface area contributed by atoms with Crippen molar-refractivity contribution in [2.75, 3.05) is 33.0 Å². The van der Waals surface area contributed by atoms with E-state index in [1.54, 1.807) is 103 Å². The zero-order valence-corrected chi connectivity index (χ0v) is 55.4. The van der Waals surface area contributed by atoms with Crippen molar-refractivity contribution in [2.24, 2.45) is 29.6 Å². The smallest absolute Gasteiger partial charge is 0.338 e. The molecule has 93 heavy (non-hydrogen) atoms. The van der Waals surface area contributed by atoms with E-state index in [1.165, 1.54) is 19.1 Å². The summed E-state index contributed by atoms with van der Waals surface area (Å²) >= 11 is 0. The number of esters is 4. The highest BCUT2D eigenvalue weighted by Crippen LogP contribution is 2.41. The minimum absolute atomic E-state index is 0. The molecule has 0 heterocycles. The maximum atomic E-state index is 13.0. The molecule has 0 spiro atoms. The van der Waals surface area contributed by atoms with Crippen molar-refractivity contribution in [3.63, 3.8) is 0 Å². The quantitative estimate of drug-likeness (QED) is 0.0245. The van der Waals surface area contributed by atoms with Crippen molar-refractivity contribution >= 4 is 73.7 Å². The van der Waals surface area contributed by atoms with Crippen LogP contribution in [0.3, 0.4) is 0 Å². The van der Waals surface area contributed by atoms with E-state index >= 15 is 0 Å². The fraction of sp³-hybridized carbons (Fsp3) is 0.582. The first-order chi connectivity index (χ1) is 43.3. The Morgan fingerprint density at radius 1 is 0.516 bits per heavy atom. The van der Waals surface area contributed by atoms with Gasteiger partial charge in [-0.15, -0.1) is 0 Å². The summed E-state index contributed by atoms with van der Waals surface area (Å²) < 4.78 is 58.0. The van der Waals surface area contributed by atoms with Gasteiger partial charge in [-0.2, -0.15) is 8.42 Å². The number of carbonyl (C=O) groups excluding carboxylic acids is 4. The summed E-state index contributed by atoms with van der Waals surface area (Å²) in [6, 6.07) is 31.3. The molecule has 0 bridgehead atoms. The second kappa shape index (κ2) is 37.3. The summed E-state index contributed by atoms with van der Waals surface area (Å²) in [6.07, 6.45) is -3.50. The van der Waals surface area contributed by atoms with Crippen LogP contribution in [0.25, 0.3) is 0 Å². The van der Waals surface area contributed by atoms with Crippen LogP contribution in [0.4, 0.5) is 0 Å². The molecule has 5 aliphatic rings. The molecular formula is C67H94B4O20SSi. The van der Waals surface area contributed by atoms with Crippen molar-refractivity contribution in [3.8, 4) is 0 Å². The van der Waals surface area contributed by atoms with Gasteiger partial charge < -0.3 is 64.2 Å². The van der Waals surface area contributed by atoms with Gasteiger partial charge >= 0.3 is 23.9 Å². The molecule has 4 aromatic carbocycles. The van der Waals surface area contributed by atoms with E-state index in [1.807, 2.05) is 6.92 Å². The molecule has 18 unspecified atom stereocenters. The predicted octanol–water partition coefficient (Wildman–Crippen LogP) is 6.40. The van der Waals surface area contributed by atoms with E-state index < -0.39 is 103 Å². The van der Waals surface area contributed by atoms with Crippen LogP contribution in [-0.4, -0.2) is 201 Å². The highest BCUT2D eigenvalue weighted by molar-refractivity contribution is 7.86. The van der Waals surface area contributed by atoms with Gasteiger partial charge in [-0.25, -0.2) is 14.4 Å². The normalized spacial score (nSPS) is 29.6. The Labute approximate surface area is 555 Å². The number of ether oxygens (including phenoxy) is 4. The number of benzene rings is 4. The van der Waals surface area contributed by atoms with Gasteiger partial charge in [0.05, 0.1) is 96.2 Å². The van der Waals surface area contributed by atoms with Crippen LogP contribution in [0.1, 0.15) is 117 Å². The van der Waals surface area contributed by atoms with Crippen LogP contribution >= 0.6 is 0 Å². The van der Waals surface area contributed by atoms with E-state index in [9.17, 15) is 37.8 Å². The molecule has 4 aromatic rings. The van der Waals surface area contributed by atoms with Gasteiger partial charge in [-0.3, -0.25) is 8.98 Å². The lowest BCUT2D eigenvalue weighted by molar-refractivity contribution is -0.152. The number of rotatable bonds is 17. The molecule has 5 fully saturated rings. The summed E-state index contributed by atoms with van der Waals surface area (Å²) in [7, 11) is 16.9. The lowest BCUT2D eigenvalue weighted by atomic mass is 9.84. The van der Waals surface area contributed by atoms with Crippen LogP contribution in [0.2, 0.25) is 41.4 Å². The summed E-state index contributed by atoms with van der Waals surface area (Å²) in [4.78, 5) is 50.3. The van der Waals surface area contributed by atoms with Gasteiger partial charge in [-0.05, 0) is 117 Å². The first-order valence-corrected chi connectivity index (χ1v) is 35.4. The summed E-state index contributed by atoms with van der Waals surface area (Å²) in [5.74, 6) is -4.23. The van der Waals surface area contributed by atoms with Crippen LogP contribution in [0, 0.1) is 36.5 Å². The van der Waals surface area contributed by atoms with Crippen LogP contribution in [0.15, 0.2) is 120 Å². The van der Waals surface area contributed by atoms with E-state index in [0.717, 1.165) is 24.8 Å². The Morgan fingerprint density at radius 2 is 0.957 bits per heavy atom. The summed E-state index contributed by atoms with van der Waals surface area (Å²) in [6.45, 7) is 14.5. The van der Waals surface area contributed by atoms with Crippen LogP contribution in [-0.2, 0) is 42.5 Å². The summed E-state index contributed by atoms with van der Waals surface area (Å²) in [5, 5.41) is 73.7. The Morgan fingerprint density at radius 3 is 1.34 bits per heavy atom. The Bertz CT molecular complexity index is 3010. The van der Waals surface area contributed by atoms with Crippen molar-refractivity contribution < 1.29 is 96.0 Å². The van der Waals surface area contributed by atoms with Gasteiger partial charge in [-0.1, -0.05) is 125 Å². The topological polar surface area (TPSA) is 320 Å². The third-order valence-corrected chi connectivity index (χ3v) is 23.5. The second-order valence-electron chi connectivity index (χ2n) is 25.9. The molecule has 18 atom stereocenters. The third kappa shape index (κ3) is 23.8. The van der Waals surface area contributed by atoms with E-state index in [4.69, 9.17) is 89.6 Å².